The zero-order chi connectivity index (χ0) is 23.8. The first-order chi connectivity index (χ1) is 16.7. The summed E-state index contributed by atoms with van der Waals surface area (Å²) in [6.45, 7) is 2.96. The average Bonchev–Trinajstić information content (AvgIpc) is 3.54. The molecular weight excluding hydrogens is 428 g/mol. The van der Waals surface area contributed by atoms with Gasteiger partial charge in [-0.1, -0.05) is 25.8 Å². The van der Waals surface area contributed by atoms with E-state index in [0.29, 0.717) is 24.0 Å². The molecule has 2 heterocycles. The van der Waals surface area contributed by atoms with Crippen LogP contribution in [0, 0.1) is 17.2 Å². The van der Waals surface area contributed by atoms with Gasteiger partial charge >= 0.3 is 0 Å². The Bertz CT molecular complexity index is 1150. The minimum absolute atomic E-state index is 0.0958. The summed E-state index contributed by atoms with van der Waals surface area (Å²) in [6.07, 6.45) is 10.7. The van der Waals surface area contributed by atoms with E-state index >= 15 is 0 Å². The van der Waals surface area contributed by atoms with Crippen molar-refractivity contribution >= 4 is 23.2 Å². The van der Waals surface area contributed by atoms with Gasteiger partial charge in [-0.05, 0) is 49.6 Å². The van der Waals surface area contributed by atoms with Crippen molar-refractivity contribution in [2.45, 2.75) is 45.1 Å². The fourth-order valence-electron chi connectivity index (χ4n) is 4.39. The lowest BCUT2D eigenvalue weighted by molar-refractivity contribution is -0.115. The maximum absolute atomic E-state index is 12.0. The number of aromatic nitrogens is 4. The van der Waals surface area contributed by atoms with E-state index in [2.05, 4.69) is 37.1 Å². The first-order valence-electron chi connectivity index (χ1n) is 11.8. The monoisotopic (exact) mass is 458 g/mol. The Balaban J connectivity index is 1.46. The smallest absolute Gasteiger partial charge is 0.238 e. The molecule has 3 aromatic rings. The Kier molecular flexibility index (Phi) is 7.83. The molecule has 9 nitrogen and oxygen atoms in total. The summed E-state index contributed by atoms with van der Waals surface area (Å²) >= 11 is 0. The number of amides is 1. The van der Waals surface area contributed by atoms with Crippen molar-refractivity contribution in [1.82, 2.24) is 25.1 Å². The average molecular weight is 459 g/mol. The van der Waals surface area contributed by atoms with E-state index < -0.39 is 0 Å². The number of nitriles is 1. The van der Waals surface area contributed by atoms with Crippen molar-refractivity contribution in [1.29, 1.82) is 5.26 Å². The highest BCUT2D eigenvalue weighted by Gasteiger charge is 2.27. The molecule has 1 atom stereocenters. The van der Waals surface area contributed by atoms with Gasteiger partial charge in [0, 0.05) is 29.3 Å². The summed E-state index contributed by atoms with van der Waals surface area (Å²) in [5.74, 6) is 0.854. The molecule has 0 aliphatic heterocycles. The number of likely N-dealkylation sites (N-methyl/N-ethyl adjacent to an activating group) is 1. The van der Waals surface area contributed by atoms with Gasteiger partial charge in [0.15, 0.2) is 0 Å². The predicted octanol–water partition coefficient (Wildman–Crippen LogP) is 4.28. The molecule has 1 amide bonds. The summed E-state index contributed by atoms with van der Waals surface area (Å²) in [4.78, 5) is 21.0. The summed E-state index contributed by atoms with van der Waals surface area (Å²) < 4.78 is 1.93. The van der Waals surface area contributed by atoms with Crippen LogP contribution in [0.4, 0.5) is 17.3 Å². The zero-order valence-electron chi connectivity index (χ0n) is 19.4. The molecule has 1 aromatic carbocycles. The Morgan fingerprint density at radius 3 is 2.88 bits per heavy atom. The molecule has 0 saturated heterocycles. The van der Waals surface area contributed by atoms with Crippen LogP contribution < -0.4 is 16.0 Å². The van der Waals surface area contributed by atoms with Crippen LogP contribution in [-0.4, -0.2) is 38.7 Å². The highest BCUT2D eigenvalue weighted by molar-refractivity contribution is 5.92. The predicted molar refractivity (Wildman–Crippen MR) is 131 cm³/mol. The van der Waals surface area contributed by atoms with E-state index in [-0.39, 0.29) is 18.5 Å². The van der Waals surface area contributed by atoms with Crippen LogP contribution >= 0.6 is 0 Å². The van der Waals surface area contributed by atoms with Crippen LogP contribution in [0.2, 0.25) is 0 Å². The second kappa shape index (κ2) is 11.4. The molecule has 0 radical (unpaired) electrons. The van der Waals surface area contributed by atoms with Gasteiger partial charge in [-0.15, -0.1) is 0 Å². The van der Waals surface area contributed by atoms with Gasteiger partial charge in [-0.3, -0.25) is 9.48 Å². The first kappa shape index (κ1) is 23.4. The standard InChI is InChI=1S/C25H30N8O/c1-2-27-16-24(34)30-20-8-5-9-21(14-20)31-25-28-13-11-22(32-25)19-15-29-33(17-19)23(10-12-26)18-6-3-4-7-18/h5,8-9,11,13-15,17-18,23,27H,2-4,6-7,10,16H2,1H3,(H,30,34)(H,28,31,32). The molecule has 0 bridgehead atoms. The minimum atomic E-state index is -0.0958. The zero-order valence-corrected chi connectivity index (χ0v) is 19.4. The van der Waals surface area contributed by atoms with Gasteiger partial charge in [0.25, 0.3) is 0 Å². The summed E-state index contributed by atoms with van der Waals surface area (Å²) in [6, 6.07) is 11.7. The molecule has 4 rings (SSSR count). The Morgan fingerprint density at radius 2 is 2.09 bits per heavy atom. The van der Waals surface area contributed by atoms with Crippen molar-refractivity contribution in [3.8, 4) is 17.3 Å². The highest BCUT2D eigenvalue weighted by Crippen LogP contribution is 2.36. The van der Waals surface area contributed by atoms with Gasteiger partial charge in [-0.2, -0.15) is 10.4 Å². The van der Waals surface area contributed by atoms with Crippen LogP contribution in [0.3, 0.4) is 0 Å². The number of nitrogens with zero attached hydrogens (tertiary/aromatic N) is 5. The fourth-order valence-corrected chi connectivity index (χ4v) is 4.39. The lowest BCUT2D eigenvalue weighted by atomic mass is 9.96. The second-order valence-corrected chi connectivity index (χ2v) is 8.48. The third-order valence-electron chi connectivity index (χ3n) is 6.08. The van der Waals surface area contributed by atoms with Gasteiger partial charge in [0.2, 0.25) is 11.9 Å². The minimum Gasteiger partial charge on any atom is -0.325 e. The Labute approximate surface area is 199 Å². The van der Waals surface area contributed by atoms with Crippen LogP contribution in [0.1, 0.15) is 45.1 Å². The molecule has 1 aliphatic carbocycles. The number of hydrogen-bond acceptors (Lipinski definition) is 7. The molecule has 176 valence electrons. The normalized spacial score (nSPS) is 14.5. The quantitative estimate of drug-likeness (QED) is 0.415. The molecule has 1 aliphatic rings. The topological polar surface area (TPSA) is 121 Å². The van der Waals surface area contributed by atoms with Gasteiger partial charge < -0.3 is 16.0 Å². The molecule has 34 heavy (non-hydrogen) atoms. The summed E-state index contributed by atoms with van der Waals surface area (Å²) in [5, 5.41) is 23.0. The molecule has 3 N–H and O–H groups in total. The third kappa shape index (κ3) is 5.97. The van der Waals surface area contributed by atoms with E-state index in [9.17, 15) is 10.1 Å². The van der Waals surface area contributed by atoms with Gasteiger partial charge in [-0.25, -0.2) is 9.97 Å². The molecule has 1 saturated carbocycles. The molecule has 2 aromatic heterocycles. The van der Waals surface area contributed by atoms with Crippen molar-refractivity contribution < 1.29 is 4.79 Å². The van der Waals surface area contributed by atoms with E-state index in [1.54, 1.807) is 12.4 Å². The molecule has 1 fully saturated rings. The molecular formula is C25H30N8O. The summed E-state index contributed by atoms with van der Waals surface area (Å²) in [5.41, 5.74) is 3.10. The summed E-state index contributed by atoms with van der Waals surface area (Å²) in [7, 11) is 0. The van der Waals surface area contributed by atoms with Crippen molar-refractivity contribution in [2.75, 3.05) is 23.7 Å². The third-order valence-corrected chi connectivity index (χ3v) is 6.08. The Hall–Kier alpha value is -3.77. The van der Waals surface area contributed by atoms with Crippen LogP contribution in [-0.2, 0) is 4.79 Å². The van der Waals surface area contributed by atoms with Gasteiger partial charge in [0.1, 0.15) is 0 Å². The van der Waals surface area contributed by atoms with Crippen LogP contribution in [0.15, 0.2) is 48.9 Å². The number of carbonyl (C=O) groups is 1. The number of carbonyl (C=O) groups excluding carboxylic acids is 1. The number of anilines is 3. The molecule has 9 heteroatoms. The van der Waals surface area contributed by atoms with Crippen LogP contribution in [0.5, 0.6) is 0 Å². The maximum atomic E-state index is 12.0. The van der Waals surface area contributed by atoms with E-state index in [4.69, 9.17) is 0 Å². The SMILES string of the molecule is CCNCC(=O)Nc1cccc(Nc2nccc(-c3cnn(C(CC#N)C4CCCC4)c3)n2)c1. The van der Waals surface area contributed by atoms with E-state index in [1.807, 2.05) is 48.1 Å². The first-order valence-corrected chi connectivity index (χ1v) is 11.8. The van der Waals surface area contributed by atoms with Crippen molar-refractivity contribution in [3.05, 3.63) is 48.9 Å². The maximum Gasteiger partial charge on any atom is 0.238 e. The number of hydrogen-bond donors (Lipinski definition) is 3. The fraction of sp³-hybridized carbons (Fsp3) is 0.400. The molecule has 1 unspecified atom stereocenters. The number of nitrogens with one attached hydrogen (secondary N) is 3. The highest BCUT2D eigenvalue weighted by atomic mass is 16.1. The lowest BCUT2D eigenvalue weighted by Crippen LogP contribution is -2.27. The van der Waals surface area contributed by atoms with Gasteiger partial charge in [0.05, 0.1) is 37.0 Å². The lowest BCUT2D eigenvalue weighted by Gasteiger charge is -2.21. The van der Waals surface area contributed by atoms with E-state index in [0.717, 1.165) is 36.3 Å². The van der Waals surface area contributed by atoms with Crippen molar-refractivity contribution in [2.24, 2.45) is 5.92 Å². The van der Waals surface area contributed by atoms with Crippen molar-refractivity contribution in [3.63, 3.8) is 0 Å². The second-order valence-electron chi connectivity index (χ2n) is 8.48. The largest absolute Gasteiger partial charge is 0.325 e. The Morgan fingerprint density at radius 1 is 1.26 bits per heavy atom. The number of benzene rings is 1. The molecule has 0 spiro atoms. The number of rotatable bonds is 10. The van der Waals surface area contributed by atoms with E-state index in [1.165, 1.54) is 12.8 Å². The van der Waals surface area contributed by atoms with Crippen LogP contribution in [0.25, 0.3) is 11.3 Å².